The summed E-state index contributed by atoms with van der Waals surface area (Å²) >= 11 is 0. The number of carbonyl (C=O) groups excluding carboxylic acids is 1. The quantitative estimate of drug-likeness (QED) is 0.416. The molecule has 0 aliphatic heterocycles. The Balaban J connectivity index is 1.61. The van der Waals surface area contributed by atoms with Crippen molar-refractivity contribution in [3.8, 4) is 5.75 Å². The molecular weight excluding hydrogens is 511 g/mol. The van der Waals surface area contributed by atoms with Gasteiger partial charge in [-0.05, 0) is 47.9 Å². The molecule has 4 rings (SSSR count). The van der Waals surface area contributed by atoms with Crippen molar-refractivity contribution in [1.29, 1.82) is 0 Å². The first-order chi connectivity index (χ1) is 17.5. The maximum Gasteiger partial charge on any atom is 0.501 e. The van der Waals surface area contributed by atoms with Crippen LogP contribution in [0.2, 0.25) is 0 Å². The van der Waals surface area contributed by atoms with Gasteiger partial charge in [0.05, 0.1) is 10.5 Å². The van der Waals surface area contributed by atoms with Crippen molar-refractivity contribution >= 4 is 32.5 Å². The zero-order valence-electron chi connectivity index (χ0n) is 19.5. The zero-order chi connectivity index (χ0) is 26.8. The number of benzene rings is 3. The Hall–Kier alpha value is -3.60. The van der Waals surface area contributed by atoms with Crippen molar-refractivity contribution in [3.63, 3.8) is 0 Å². The van der Waals surface area contributed by atoms with Crippen LogP contribution in [0.15, 0.2) is 65.6 Å². The number of alkyl halides is 3. The van der Waals surface area contributed by atoms with Crippen LogP contribution < -0.4 is 10.1 Å². The lowest BCUT2D eigenvalue weighted by atomic mass is 9.97. The number of sulfone groups is 1. The summed E-state index contributed by atoms with van der Waals surface area (Å²) < 4.78 is 67.6. The van der Waals surface area contributed by atoms with Gasteiger partial charge in [0.2, 0.25) is 0 Å². The highest BCUT2D eigenvalue weighted by Crippen LogP contribution is 2.33. The van der Waals surface area contributed by atoms with Gasteiger partial charge in [-0.25, -0.2) is 13.2 Å². The zero-order valence-corrected chi connectivity index (χ0v) is 20.3. The second-order valence-corrected chi connectivity index (χ2v) is 10.8. The lowest BCUT2D eigenvalue weighted by molar-refractivity contribution is -0.140. The summed E-state index contributed by atoms with van der Waals surface area (Å²) in [7, 11) is -5.47. The molecule has 0 aromatic heterocycles. The number of hydrogen-bond donors (Lipinski definition) is 2. The molecule has 0 saturated heterocycles. The van der Waals surface area contributed by atoms with E-state index >= 15 is 0 Å². The van der Waals surface area contributed by atoms with Crippen molar-refractivity contribution in [2.45, 2.75) is 48.7 Å². The molecule has 0 unspecified atom stereocenters. The standard InChI is InChI=1S/C26H24F3NO6S/c27-26(28,29)37(34,35)19-12-9-16(10-13-19)15-36-23-20-8-4-3-5-17(20)11-14-21(23)24(31)30-22(25(32)33)18-6-1-2-7-18/h3-5,8-14,18,22H,1-2,6-7,15H2,(H,30,31)(H,32,33)/t22-/m0/s1. The van der Waals surface area contributed by atoms with Crippen molar-refractivity contribution in [2.75, 3.05) is 0 Å². The number of ether oxygens (including phenoxy) is 1. The first-order valence-electron chi connectivity index (χ1n) is 11.6. The second-order valence-electron chi connectivity index (χ2n) is 8.88. The minimum Gasteiger partial charge on any atom is -0.487 e. The van der Waals surface area contributed by atoms with Gasteiger partial charge in [-0.3, -0.25) is 4.79 Å². The van der Waals surface area contributed by atoms with Gasteiger partial charge < -0.3 is 15.2 Å². The van der Waals surface area contributed by atoms with Gasteiger partial charge in [0.25, 0.3) is 15.7 Å². The Morgan fingerprint density at radius 3 is 2.27 bits per heavy atom. The minimum absolute atomic E-state index is 0.110. The Kier molecular flexibility index (Phi) is 7.44. The maximum absolute atomic E-state index is 13.2. The summed E-state index contributed by atoms with van der Waals surface area (Å²) in [5, 5.41) is 13.7. The molecule has 1 atom stereocenters. The number of carbonyl (C=O) groups is 2. The predicted molar refractivity (Wildman–Crippen MR) is 129 cm³/mol. The fraction of sp³-hybridized carbons (Fsp3) is 0.308. The molecule has 0 heterocycles. The predicted octanol–water partition coefficient (Wildman–Crippen LogP) is 5.09. The van der Waals surface area contributed by atoms with Crippen LogP contribution in [0, 0.1) is 5.92 Å². The van der Waals surface area contributed by atoms with E-state index < -0.39 is 38.2 Å². The van der Waals surface area contributed by atoms with Gasteiger partial charge in [0.15, 0.2) is 0 Å². The molecule has 3 aromatic rings. The largest absolute Gasteiger partial charge is 0.501 e. The van der Waals surface area contributed by atoms with E-state index in [9.17, 15) is 36.3 Å². The number of fused-ring (bicyclic) bond motifs is 1. The summed E-state index contributed by atoms with van der Waals surface area (Å²) in [5.74, 6) is -1.72. The average Bonchev–Trinajstić information content (AvgIpc) is 3.39. The summed E-state index contributed by atoms with van der Waals surface area (Å²) in [5.41, 5.74) is -4.93. The van der Waals surface area contributed by atoms with Crippen LogP contribution in [-0.4, -0.2) is 37.0 Å². The Morgan fingerprint density at radius 1 is 1.00 bits per heavy atom. The lowest BCUT2D eigenvalue weighted by Crippen LogP contribution is -2.45. The molecule has 0 spiro atoms. The van der Waals surface area contributed by atoms with Crippen LogP contribution in [0.3, 0.4) is 0 Å². The molecule has 1 fully saturated rings. The van der Waals surface area contributed by atoms with Crippen LogP contribution in [0.5, 0.6) is 5.75 Å². The van der Waals surface area contributed by atoms with Crippen molar-refractivity contribution in [3.05, 3.63) is 71.8 Å². The number of halogens is 3. The van der Waals surface area contributed by atoms with Crippen LogP contribution in [0.1, 0.15) is 41.6 Å². The van der Waals surface area contributed by atoms with E-state index in [-0.39, 0.29) is 23.8 Å². The molecule has 0 bridgehead atoms. The van der Waals surface area contributed by atoms with Gasteiger partial charge in [-0.1, -0.05) is 55.3 Å². The first kappa shape index (κ1) is 26.5. The lowest BCUT2D eigenvalue weighted by Gasteiger charge is -2.22. The average molecular weight is 536 g/mol. The molecule has 37 heavy (non-hydrogen) atoms. The third-order valence-electron chi connectivity index (χ3n) is 6.47. The monoisotopic (exact) mass is 535 g/mol. The van der Waals surface area contributed by atoms with E-state index in [2.05, 4.69) is 5.32 Å². The summed E-state index contributed by atoms with van der Waals surface area (Å²) in [4.78, 5) is 24.2. The van der Waals surface area contributed by atoms with E-state index in [1.807, 2.05) is 0 Å². The molecule has 11 heteroatoms. The van der Waals surface area contributed by atoms with Gasteiger partial charge >= 0.3 is 11.5 Å². The molecule has 3 aromatic carbocycles. The number of rotatable bonds is 8. The highest BCUT2D eigenvalue weighted by Gasteiger charge is 2.46. The Bertz CT molecular complexity index is 1410. The van der Waals surface area contributed by atoms with Crippen molar-refractivity contribution in [1.82, 2.24) is 5.32 Å². The van der Waals surface area contributed by atoms with E-state index in [4.69, 9.17) is 4.74 Å². The molecule has 7 nitrogen and oxygen atoms in total. The molecule has 1 saturated carbocycles. The number of aliphatic carboxylic acids is 1. The summed E-state index contributed by atoms with van der Waals surface area (Å²) in [6.07, 6.45) is 3.21. The Morgan fingerprint density at radius 2 is 1.65 bits per heavy atom. The number of amides is 1. The van der Waals surface area contributed by atoms with Crippen LogP contribution >= 0.6 is 0 Å². The first-order valence-corrected chi connectivity index (χ1v) is 13.1. The van der Waals surface area contributed by atoms with E-state index in [0.29, 0.717) is 23.8 Å². The highest BCUT2D eigenvalue weighted by molar-refractivity contribution is 7.92. The summed E-state index contributed by atoms with van der Waals surface area (Å²) in [6, 6.07) is 13.4. The highest BCUT2D eigenvalue weighted by atomic mass is 32.2. The maximum atomic E-state index is 13.2. The molecule has 1 aliphatic rings. The normalized spacial score (nSPS) is 15.4. The minimum atomic E-state index is -5.47. The molecule has 196 valence electrons. The van der Waals surface area contributed by atoms with Crippen LogP contribution in [0.4, 0.5) is 13.2 Å². The van der Waals surface area contributed by atoms with Gasteiger partial charge in [-0.15, -0.1) is 0 Å². The summed E-state index contributed by atoms with van der Waals surface area (Å²) in [6.45, 7) is -0.175. The van der Waals surface area contributed by atoms with E-state index in [1.54, 1.807) is 30.3 Å². The fourth-order valence-corrected chi connectivity index (χ4v) is 5.28. The van der Waals surface area contributed by atoms with Crippen LogP contribution in [-0.2, 0) is 21.2 Å². The smallest absolute Gasteiger partial charge is 0.487 e. The number of carboxylic acids is 1. The SMILES string of the molecule is O=C(N[C@H](C(=O)O)C1CCCC1)c1ccc2ccccc2c1OCc1ccc(S(=O)(=O)C(F)(F)F)cc1. The second kappa shape index (κ2) is 10.4. The molecular formula is C26H24F3NO6S. The fourth-order valence-electron chi connectivity index (χ4n) is 4.52. The number of nitrogens with one attached hydrogen (secondary N) is 1. The topological polar surface area (TPSA) is 110 Å². The molecule has 1 amide bonds. The molecule has 2 N–H and O–H groups in total. The molecule has 1 aliphatic carbocycles. The van der Waals surface area contributed by atoms with Crippen LogP contribution in [0.25, 0.3) is 10.8 Å². The third-order valence-corrected chi connectivity index (χ3v) is 7.97. The van der Waals surface area contributed by atoms with Gasteiger partial charge in [0.1, 0.15) is 18.4 Å². The van der Waals surface area contributed by atoms with Gasteiger partial charge in [-0.2, -0.15) is 13.2 Å². The Labute approximate surface area is 211 Å². The van der Waals surface area contributed by atoms with Gasteiger partial charge in [0, 0.05) is 5.39 Å². The van der Waals surface area contributed by atoms with Crippen molar-refractivity contribution < 1.29 is 41.0 Å². The number of carboxylic acid groups (broad SMARTS) is 1. The third kappa shape index (κ3) is 5.56. The van der Waals surface area contributed by atoms with Crippen molar-refractivity contribution in [2.24, 2.45) is 5.92 Å². The van der Waals surface area contributed by atoms with E-state index in [0.717, 1.165) is 30.4 Å². The molecule has 0 radical (unpaired) electrons. The number of hydrogen-bond acceptors (Lipinski definition) is 5. The van der Waals surface area contributed by atoms with E-state index in [1.165, 1.54) is 18.2 Å².